The lowest BCUT2D eigenvalue weighted by Crippen LogP contribution is -2.30. The molecule has 4 heteroatoms. The van der Waals surface area contributed by atoms with Gasteiger partial charge in [-0.25, -0.2) is 0 Å². The maximum atomic E-state index is 5.93. The summed E-state index contributed by atoms with van der Waals surface area (Å²) in [7, 11) is -0.574. The molecule has 0 atom stereocenters. The van der Waals surface area contributed by atoms with Crippen molar-refractivity contribution in [2.45, 2.75) is 33.1 Å². The summed E-state index contributed by atoms with van der Waals surface area (Å²) in [6.45, 7) is 7.16. The first-order valence-corrected chi connectivity index (χ1v) is 9.62. The van der Waals surface area contributed by atoms with E-state index < -0.39 is 16.1 Å². The summed E-state index contributed by atoms with van der Waals surface area (Å²) in [5.74, 6) is 1.57. The number of rotatable bonds is 8. The molecule has 0 aliphatic heterocycles. The standard InChI is InChI=1S/C19H26O3Si/c1-19(2,3)15-23-20-14-18(21-16-10-6-4-7-11-16)22-17-12-8-5-9-13-17/h4-13,18H,14-15,23H2,1-3H3. The van der Waals surface area contributed by atoms with Crippen LogP contribution in [0.25, 0.3) is 0 Å². The molecule has 0 radical (unpaired) electrons. The second kappa shape index (κ2) is 8.75. The van der Waals surface area contributed by atoms with Crippen molar-refractivity contribution < 1.29 is 13.9 Å². The molecule has 0 aliphatic carbocycles. The van der Waals surface area contributed by atoms with Crippen LogP contribution in [-0.4, -0.2) is 22.7 Å². The number of ether oxygens (including phenoxy) is 2. The third-order valence-electron chi connectivity index (χ3n) is 3.27. The third-order valence-corrected chi connectivity index (χ3v) is 5.50. The van der Waals surface area contributed by atoms with Crippen molar-refractivity contribution in [1.29, 1.82) is 0 Å². The van der Waals surface area contributed by atoms with Crippen LogP contribution < -0.4 is 9.47 Å². The maximum absolute atomic E-state index is 5.93. The second-order valence-electron chi connectivity index (χ2n) is 6.68. The topological polar surface area (TPSA) is 27.7 Å². The molecule has 0 fully saturated rings. The number of benzene rings is 2. The average Bonchev–Trinajstić information content (AvgIpc) is 2.52. The van der Waals surface area contributed by atoms with Gasteiger partial charge in [-0.05, 0) is 35.7 Å². The molecular weight excluding hydrogens is 304 g/mol. The van der Waals surface area contributed by atoms with Gasteiger partial charge in [0.15, 0.2) is 9.76 Å². The highest BCUT2D eigenvalue weighted by molar-refractivity contribution is 6.27. The van der Waals surface area contributed by atoms with Gasteiger partial charge in [0, 0.05) is 0 Å². The molecule has 2 aromatic carbocycles. The van der Waals surface area contributed by atoms with Gasteiger partial charge in [0.2, 0.25) is 0 Å². The van der Waals surface area contributed by atoms with Gasteiger partial charge in [-0.2, -0.15) is 0 Å². The lowest BCUT2D eigenvalue weighted by atomic mass is 10.0. The van der Waals surface area contributed by atoms with Gasteiger partial charge in [0.1, 0.15) is 18.1 Å². The summed E-state index contributed by atoms with van der Waals surface area (Å²) in [6.07, 6.45) is -0.438. The summed E-state index contributed by atoms with van der Waals surface area (Å²) >= 11 is 0. The average molecular weight is 331 g/mol. The van der Waals surface area contributed by atoms with Gasteiger partial charge in [-0.3, -0.25) is 0 Å². The Balaban J connectivity index is 1.91. The predicted molar refractivity (Wildman–Crippen MR) is 96.7 cm³/mol. The van der Waals surface area contributed by atoms with E-state index in [0.717, 1.165) is 17.5 Å². The minimum atomic E-state index is -0.574. The van der Waals surface area contributed by atoms with Crippen molar-refractivity contribution in [3.05, 3.63) is 60.7 Å². The molecule has 0 spiro atoms. The molecule has 0 aromatic heterocycles. The molecule has 2 rings (SSSR count). The van der Waals surface area contributed by atoms with Gasteiger partial charge in [0.25, 0.3) is 6.29 Å². The summed E-state index contributed by atoms with van der Waals surface area (Å²) in [6, 6.07) is 20.6. The van der Waals surface area contributed by atoms with Crippen molar-refractivity contribution in [2.75, 3.05) is 6.61 Å². The maximum Gasteiger partial charge on any atom is 0.262 e. The summed E-state index contributed by atoms with van der Waals surface area (Å²) in [5.41, 5.74) is 0.322. The first-order valence-electron chi connectivity index (χ1n) is 8.04. The summed E-state index contributed by atoms with van der Waals surface area (Å²) in [5, 5.41) is 0. The summed E-state index contributed by atoms with van der Waals surface area (Å²) < 4.78 is 17.8. The Hall–Kier alpha value is -1.78. The molecule has 0 aliphatic rings. The molecule has 0 saturated carbocycles. The van der Waals surface area contributed by atoms with E-state index in [2.05, 4.69) is 20.8 Å². The lowest BCUT2D eigenvalue weighted by molar-refractivity contribution is -0.0275. The minimum Gasteiger partial charge on any atom is -0.452 e. The van der Waals surface area contributed by atoms with Crippen LogP contribution in [0.2, 0.25) is 6.04 Å². The highest BCUT2D eigenvalue weighted by atomic mass is 28.2. The SMILES string of the molecule is CC(C)(C)C[SiH2]OCC(Oc1ccccc1)Oc1ccccc1. The van der Waals surface area contributed by atoms with Crippen LogP contribution in [0.3, 0.4) is 0 Å². The fraction of sp³-hybridized carbons (Fsp3) is 0.368. The van der Waals surface area contributed by atoms with E-state index in [1.807, 2.05) is 60.7 Å². The van der Waals surface area contributed by atoms with Gasteiger partial charge in [-0.1, -0.05) is 57.2 Å². The predicted octanol–water partition coefficient (Wildman–Crippen LogP) is 4.04. The zero-order valence-electron chi connectivity index (χ0n) is 14.2. The fourth-order valence-corrected chi connectivity index (χ4v) is 3.07. The quantitative estimate of drug-likeness (QED) is 0.415. The largest absolute Gasteiger partial charge is 0.452 e. The molecule has 0 heterocycles. The third kappa shape index (κ3) is 7.35. The molecule has 124 valence electrons. The van der Waals surface area contributed by atoms with Gasteiger partial charge >= 0.3 is 0 Å². The van der Waals surface area contributed by atoms with Crippen molar-refractivity contribution in [1.82, 2.24) is 0 Å². The van der Waals surface area contributed by atoms with Gasteiger partial charge in [0.05, 0.1) is 0 Å². The second-order valence-corrected chi connectivity index (χ2v) is 7.99. The minimum absolute atomic E-state index is 0.322. The Morgan fingerprint density at radius 1 is 0.826 bits per heavy atom. The smallest absolute Gasteiger partial charge is 0.262 e. The molecule has 23 heavy (non-hydrogen) atoms. The molecule has 0 amide bonds. The molecule has 2 aromatic rings. The highest BCUT2D eigenvalue weighted by Gasteiger charge is 2.15. The first kappa shape index (κ1) is 17.6. The number of hydrogen-bond donors (Lipinski definition) is 0. The van der Waals surface area contributed by atoms with E-state index >= 15 is 0 Å². The molecule has 0 bridgehead atoms. The normalized spacial score (nSPS) is 12.0. The van der Waals surface area contributed by atoms with E-state index in [0.29, 0.717) is 12.0 Å². The zero-order chi connectivity index (χ0) is 16.5. The zero-order valence-corrected chi connectivity index (χ0v) is 15.6. The van der Waals surface area contributed by atoms with E-state index in [1.54, 1.807) is 0 Å². The van der Waals surface area contributed by atoms with Crippen LogP contribution in [0.5, 0.6) is 11.5 Å². The van der Waals surface area contributed by atoms with E-state index in [4.69, 9.17) is 13.9 Å². The first-order chi connectivity index (χ1) is 11.0. The van der Waals surface area contributed by atoms with E-state index in [9.17, 15) is 0 Å². The van der Waals surface area contributed by atoms with Crippen molar-refractivity contribution >= 4 is 9.76 Å². The fourth-order valence-electron chi connectivity index (χ4n) is 1.95. The van der Waals surface area contributed by atoms with E-state index in [1.165, 1.54) is 0 Å². The van der Waals surface area contributed by atoms with E-state index in [-0.39, 0.29) is 0 Å². The van der Waals surface area contributed by atoms with Gasteiger partial charge < -0.3 is 13.9 Å². The van der Waals surface area contributed by atoms with Crippen LogP contribution >= 0.6 is 0 Å². The molecular formula is C19H26O3Si. The molecule has 0 N–H and O–H groups in total. The molecule has 0 saturated heterocycles. The Morgan fingerprint density at radius 3 is 1.74 bits per heavy atom. The van der Waals surface area contributed by atoms with Crippen LogP contribution in [0.1, 0.15) is 20.8 Å². The van der Waals surface area contributed by atoms with Crippen molar-refractivity contribution in [3.8, 4) is 11.5 Å². The summed E-state index contributed by atoms with van der Waals surface area (Å²) in [4.78, 5) is 0. The van der Waals surface area contributed by atoms with Crippen molar-refractivity contribution in [2.24, 2.45) is 5.41 Å². The van der Waals surface area contributed by atoms with Crippen molar-refractivity contribution in [3.63, 3.8) is 0 Å². The van der Waals surface area contributed by atoms with Crippen LogP contribution in [0.15, 0.2) is 60.7 Å². The Kier molecular flexibility index (Phi) is 6.68. The van der Waals surface area contributed by atoms with Gasteiger partial charge in [-0.15, -0.1) is 0 Å². The number of para-hydroxylation sites is 2. The van der Waals surface area contributed by atoms with Crippen LogP contribution in [-0.2, 0) is 4.43 Å². The molecule has 0 unspecified atom stereocenters. The Labute approximate surface area is 141 Å². The molecule has 3 nitrogen and oxygen atoms in total. The Morgan fingerprint density at radius 2 is 1.30 bits per heavy atom. The highest BCUT2D eigenvalue weighted by Crippen LogP contribution is 2.19. The lowest BCUT2D eigenvalue weighted by Gasteiger charge is -2.22. The van der Waals surface area contributed by atoms with Crippen LogP contribution in [0.4, 0.5) is 0 Å². The number of hydrogen-bond acceptors (Lipinski definition) is 3. The monoisotopic (exact) mass is 330 g/mol. The van der Waals surface area contributed by atoms with Crippen LogP contribution in [0, 0.1) is 5.41 Å². The Bertz CT molecular complexity index is 510.